The van der Waals surface area contributed by atoms with Crippen molar-refractivity contribution in [2.75, 3.05) is 26.2 Å². The summed E-state index contributed by atoms with van der Waals surface area (Å²) in [5, 5.41) is 12.0. The van der Waals surface area contributed by atoms with E-state index in [-0.39, 0.29) is 0 Å². The third-order valence-corrected chi connectivity index (χ3v) is 2.02. The number of carboxylic acids is 1. The number of rotatable bonds is 3. The van der Waals surface area contributed by atoms with Gasteiger partial charge in [-0.3, -0.25) is 9.69 Å². The molecule has 0 bridgehead atoms. The molecule has 1 fully saturated rings. The van der Waals surface area contributed by atoms with E-state index in [0.717, 1.165) is 26.2 Å². The van der Waals surface area contributed by atoms with E-state index in [1.807, 2.05) is 4.90 Å². The molecule has 1 unspecified atom stereocenters. The van der Waals surface area contributed by atoms with E-state index >= 15 is 0 Å². The van der Waals surface area contributed by atoms with Crippen LogP contribution in [0, 0.1) is 0 Å². The lowest BCUT2D eigenvalue weighted by Gasteiger charge is -2.30. The molecule has 0 aromatic carbocycles. The summed E-state index contributed by atoms with van der Waals surface area (Å²) in [6.07, 6.45) is 1.48. The van der Waals surface area contributed by atoms with Gasteiger partial charge in [-0.2, -0.15) is 0 Å². The molecule has 0 aliphatic carbocycles. The van der Waals surface area contributed by atoms with Gasteiger partial charge in [0.15, 0.2) is 0 Å². The molecular formula is C8H14N2O2. The van der Waals surface area contributed by atoms with Gasteiger partial charge >= 0.3 is 5.97 Å². The maximum Gasteiger partial charge on any atom is 0.324 e. The number of carboxylic acid groups (broad SMARTS) is 1. The van der Waals surface area contributed by atoms with Crippen LogP contribution in [0.4, 0.5) is 0 Å². The summed E-state index contributed by atoms with van der Waals surface area (Å²) in [6, 6.07) is -0.521. The van der Waals surface area contributed by atoms with Crippen LogP contribution in [0.1, 0.15) is 0 Å². The molecule has 1 aliphatic heterocycles. The third-order valence-electron chi connectivity index (χ3n) is 2.02. The van der Waals surface area contributed by atoms with Crippen LogP contribution >= 0.6 is 0 Å². The van der Waals surface area contributed by atoms with E-state index in [2.05, 4.69) is 11.9 Å². The predicted octanol–water partition coefficient (Wildman–Crippen LogP) is -0.469. The number of piperazine rings is 1. The minimum Gasteiger partial charge on any atom is -0.480 e. The van der Waals surface area contributed by atoms with Crippen molar-refractivity contribution in [2.24, 2.45) is 0 Å². The van der Waals surface area contributed by atoms with Gasteiger partial charge in [0.25, 0.3) is 0 Å². The van der Waals surface area contributed by atoms with Crippen molar-refractivity contribution in [2.45, 2.75) is 6.04 Å². The fourth-order valence-corrected chi connectivity index (χ4v) is 1.37. The summed E-state index contributed by atoms with van der Waals surface area (Å²) in [5.41, 5.74) is 0. The molecule has 0 amide bonds. The van der Waals surface area contributed by atoms with Crippen molar-refractivity contribution in [3.05, 3.63) is 12.7 Å². The quantitative estimate of drug-likeness (QED) is 0.562. The van der Waals surface area contributed by atoms with E-state index < -0.39 is 12.0 Å². The molecular weight excluding hydrogens is 156 g/mol. The van der Waals surface area contributed by atoms with Crippen molar-refractivity contribution in [1.29, 1.82) is 0 Å². The Morgan fingerprint density at radius 1 is 1.58 bits per heavy atom. The zero-order chi connectivity index (χ0) is 8.97. The van der Waals surface area contributed by atoms with Gasteiger partial charge in [0.2, 0.25) is 0 Å². The largest absolute Gasteiger partial charge is 0.480 e. The van der Waals surface area contributed by atoms with Crippen molar-refractivity contribution >= 4 is 5.97 Å². The lowest BCUT2D eigenvalue weighted by Crippen LogP contribution is -2.50. The van der Waals surface area contributed by atoms with E-state index in [0.29, 0.717) is 0 Å². The van der Waals surface area contributed by atoms with Gasteiger partial charge in [0.1, 0.15) is 6.04 Å². The second-order valence-electron chi connectivity index (χ2n) is 2.80. The monoisotopic (exact) mass is 170 g/mol. The van der Waals surface area contributed by atoms with Crippen molar-refractivity contribution in [3.63, 3.8) is 0 Å². The molecule has 0 radical (unpaired) electrons. The Morgan fingerprint density at radius 2 is 2.17 bits per heavy atom. The van der Waals surface area contributed by atoms with Crippen LogP contribution in [-0.4, -0.2) is 48.2 Å². The Hall–Kier alpha value is -0.870. The molecule has 1 atom stereocenters. The molecule has 68 valence electrons. The van der Waals surface area contributed by atoms with Crippen LogP contribution in [-0.2, 0) is 4.79 Å². The van der Waals surface area contributed by atoms with Gasteiger partial charge in [-0.25, -0.2) is 0 Å². The van der Waals surface area contributed by atoms with Crippen LogP contribution in [0.5, 0.6) is 0 Å². The minimum atomic E-state index is -0.813. The average molecular weight is 170 g/mol. The molecule has 0 saturated carbocycles. The number of carbonyl (C=O) groups is 1. The molecule has 4 nitrogen and oxygen atoms in total. The minimum absolute atomic E-state index is 0.521. The number of aliphatic carboxylic acids is 1. The molecule has 1 rings (SSSR count). The predicted molar refractivity (Wildman–Crippen MR) is 46.1 cm³/mol. The topological polar surface area (TPSA) is 52.6 Å². The molecule has 1 saturated heterocycles. The van der Waals surface area contributed by atoms with E-state index in [1.54, 1.807) is 0 Å². The Labute approximate surface area is 71.9 Å². The fraction of sp³-hybridized carbons (Fsp3) is 0.625. The second kappa shape index (κ2) is 4.23. The van der Waals surface area contributed by atoms with Crippen molar-refractivity contribution in [3.8, 4) is 0 Å². The number of nitrogens with zero attached hydrogens (tertiary/aromatic N) is 1. The van der Waals surface area contributed by atoms with Crippen molar-refractivity contribution in [1.82, 2.24) is 10.2 Å². The van der Waals surface area contributed by atoms with Crippen LogP contribution < -0.4 is 5.32 Å². The highest BCUT2D eigenvalue weighted by molar-refractivity contribution is 5.75. The average Bonchev–Trinajstić information content (AvgIpc) is 2.07. The highest BCUT2D eigenvalue weighted by atomic mass is 16.4. The zero-order valence-electron chi connectivity index (χ0n) is 6.99. The summed E-state index contributed by atoms with van der Waals surface area (Å²) in [6.45, 7) is 6.79. The van der Waals surface area contributed by atoms with Gasteiger partial charge in [-0.05, 0) is 0 Å². The lowest BCUT2D eigenvalue weighted by atomic mass is 10.2. The molecule has 12 heavy (non-hydrogen) atoms. The summed E-state index contributed by atoms with van der Waals surface area (Å²) >= 11 is 0. The van der Waals surface area contributed by atoms with Gasteiger partial charge in [0, 0.05) is 26.2 Å². The fourth-order valence-electron chi connectivity index (χ4n) is 1.37. The smallest absolute Gasteiger partial charge is 0.324 e. The Bertz CT molecular complexity index is 176. The summed E-state index contributed by atoms with van der Waals surface area (Å²) < 4.78 is 0. The molecule has 4 heteroatoms. The highest BCUT2D eigenvalue weighted by Crippen LogP contribution is 2.02. The molecule has 0 spiro atoms. The second-order valence-corrected chi connectivity index (χ2v) is 2.80. The van der Waals surface area contributed by atoms with Crippen molar-refractivity contribution < 1.29 is 9.90 Å². The Balaban J connectivity index is 2.51. The van der Waals surface area contributed by atoms with Gasteiger partial charge < -0.3 is 10.4 Å². The normalized spacial score (nSPS) is 21.7. The first-order chi connectivity index (χ1) is 5.75. The Kier molecular flexibility index (Phi) is 3.25. The lowest BCUT2D eigenvalue weighted by molar-refractivity contribution is -0.141. The van der Waals surface area contributed by atoms with E-state index in [9.17, 15) is 4.79 Å². The molecule has 0 aromatic rings. The van der Waals surface area contributed by atoms with Crippen LogP contribution in [0.25, 0.3) is 0 Å². The maximum absolute atomic E-state index is 10.7. The molecule has 1 heterocycles. The highest BCUT2D eigenvalue weighted by Gasteiger charge is 2.23. The Morgan fingerprint density at radius 3 is 2.58 bits per heavy atom. The van der Waals surface area contributed by atoms with Crippen LogP contribution in [0.15, 0.2) is 12.7 Å². The maximum atomic E-state index is 10.7. The summed E-state index contributed by atoms with van der Waals surface area (Å²) in [5.74, 6) is -0.813. The van der Waals surface area contributed by atoms with Gasteiger partial charge in [-0.1, -0.05) is 6.08 Å². The number of hydrogen-bond acceptors (Lipinski definition) is 3. The summed E-state index contributed by atoms with van der Waals surface area (Å²) in [7, 11) is 0. The first-order valence-electron chi connectivity index (χ1n) is 4.06. The molecule has 0 aromatic heterocycles. The first kappa shape index (κ1) is 9.22. The van der Waals surface area contributed by atoms with E-state index in [4.69, 9.17) is 5.11 Å². The first-order valence-corrected chi connectivity index (χ1v) is 4.06. The van der Waals surface area contributed by atoms with E-state index in [1.165, 1.54) is 6.08 Å². The SMILES string of the molecule is C=CC(C(=O)O)N1CCNCC1. The molecule has 1 aliphatic rings. The standard InChI is InChI=1S/C8H14N2O2/c1-2-7(8(11)12)10-5-3-9-4-6-10/h2,7,9H,1,3-6H2,(H,11,12). The zero-order valence-corrected chi connectivity index (χ0v) is 6.99. The third kappa shape index (κ3) is 2.06. The van der Waals surface area contributed by atoms with Crippen LogP contribution in [0.2, 0.25) is 0 Å². The van der Waals surface area contributed by atoms with Crippen LogP contribution in [0.3, 0.4) is 0 Å². The number of nitrogens with one attached hydrogen (secondary N) is 1. The van der Waals surface area contributed by atoms with Gasteiger partial charge in [-0.15, -0.1) is 6.58 Å². The number of hydrogen-bond donors (Lipinski definition) is 2. The van der Waals surface area contributed by atoms with Gasteiger partial charge in [0.05, 0.1) is 0 Å². The molecule has 2 N–H and O–H groups in total. The summed E-state index contributed by atoms with van der Waals surface area (Å²) in [4.78, 5) is 12.6.